The van der Waals surface area contributed by atoms with Crippen molar-refractivity contribution in [1.82, 2.24) is 9.38 Å². The molecule has 4 heteroatoms. The maximum Gasteiger partial charge on any atom is 0.139 e. The summed E-state index contributed by atoms with van der Waals surface area (Å²) < 4.78 is 1.92. The second-order valence-corrected chi connectivity index (χ2v) is 5.18. The summed E-state index contributed by atoms with van der Waals surface area (Å²) in [6.45, 7) is 4.04. The van der Waals surface area contributed by atoms with E-state index in [1.54, 1.807) is 0 Å². The summed E-state index contributed by atoms with van der Waals surface area (Å²) in [6.07, 6.45) is 1.99. The molecule has 2 N–H and O–H groups in total. The lowest BCUT2D eigenvalue weighted by atomic mass is 10.1. The highest BCUT2D eigenvalue weighted by Crippen LogP contribution is 2.30. The molecule has 0 saturated heterocycles. The van der Waals surface area contributed by atoms with Crippen LogP contribution in [0.1, 0.15) is 11.1 Å². The molecule has 0 aliphatic rings. The van der Waals surface area contributed by atoms with Gasteiger partial charge in [0.1, 0.15) is 17.2 Å². The number of hydrogen-bond donors (Lipinski definition) is 1. The molecular formula is C15H14ClN3. The van der Waals surface area contributed by atoms with Crippen molar-refractivity contribution < 1.29 is 0 Å². The fraction of sp³-hybridized carbons (Fsp3) is 0.133. The van der Waals surface area contributed by atoms with Crippen molar-refractivity contribution in [2.45, 2.75) is 13.8 Å². The molecule has 0 saturated carbocycles. The summed E-state index contributed by atoms with van der Waals surface area (Å²) in [5.74, 6) is 0.657. The molecule has 3 aromatic rings. The van der Waals surface area contributed by atoms with E-state index in [0.717, 1.165) is 33.1 Å². The monoisotopic (exact) mass is 271 g/mol. The zero-order chi connectivity index (χ0) is 13.6. The Kier molecular flexibility index (Phi) is 2.72. The first-order valence-electron chi connectivity index (χ1n) is 6.07. The molecule has 0 bridgehead atoms. The van der Waals surface area contributed by atoms with Gasteiger partial charge in [0, 0.05) is 16.8 Å². The largest absolute Gasteiger partial charge is 0.383 e. The number of pyridine rings is 1. The molecule has 0 fully saturated rings. The average molecular weight is 272 g/mol. The molecule has 0 unspecified atom stereocenters. The van der Waals surface area contributed by atoms with Crippen molar-refractivity contribution in [3.05, 3.63) is 52.7 Å². The SMILES string of the molecule is Cc1ccc2nc(-c3ccc(Cl)cc3C)c(N)n2c1. The molecular weight excluding hydrogens is 258 g/mol. The van der Waals surface area contributed by atoms with Gasteiger partial charge in [0.05, 0.1) is 0 Å². The number of nitrogens with two attached hydrogens (primary N) is 1. The lowest BCUT2D eigenvalue weighted by Gasteiger charge is -2.04. The highest BCUT2D eigenvalue weighted by molar-refractivity contribution is 6.30. The van der Waals surface area contributed by atoms with E-state index in [9.17, 15) is 0 Å². The van der Waals surface area contributed by atoms with Crippen LogP contribution in [0.5, 0.6) is 0 Å². The Labute approximate surface area is 116 Å². The molecule has 0 atom stereocenters. The molecule has 3 nitrogen and oxygen atoms in total. The average Bonchev–Trinajstić information content (AvgIpc) is 2.67. The maximum absolute atomic E-state index is 6.21. The normalized spacial score (nSPS) is 11.1. The molecule has 1 aromatic carbocycles. The molecule has 0 spiro atoms. The van der Waals surface area contributed by atoms with Gasteiger partial charge in [-0.15, -0.1) is 0 Å². The predicted molar refractivity (Wildman–Crippen MR) is 79.5 cm³/mol. The van der Waals surface area contributed by atoms with Crippen LogP contribution >= 0.6 is 11.6 Å². The van der Waals surface area contributed by atoms with Crippen LogP contribution in [0.15, 0.2) is 36.5 Å². The summed E-state index contributed by atoms with van der Waals surface area (Å²) in [4.78, 5) is 4.61. The molecule has 2 aromatic heterocycles. The predicted octanol–water partition coefficient (Wildman–Crippen LogP) is 3.85. The van der Waals surface area contributed by atoms with E-state index in [2.05, 4.69) is 4.98 Å². The van der Waals surface area contributed by atoms with Crippen LogP contribution in [0.25, 0.3) is 16.9 Å². The van der Waals surface area contributed by atoms with Crippen molar-refractivity contribution in [3.8, 4) is 11.3 Å². The highest BCUT2D eigenvalue weighted by Gasteiger charge is 2.13. The Morgan fingerprint density at radius 2 is 1.95 bits per heavy atom. The number of nitrogen functional groups attached to an aromatic ring is 1. The quantitative estimate of drug-likeness (QED) is 0.730. The molecule has 0 amide bonds. The van der Waals surface area contributed by atoms with Crippen molar-refractivity contribution in [1.29, 1.82) is 0 Å². The topological polar surface area (TPSA) is 43.3 Å². The number of aromatic nitrogens is 2. The molecule has 2 heterocycles. The standard InChI is InChI=1S/C15H14ClN3/c1-9-3-6-13-18-14(15(17)19(13)8-9)12-5-4-11(16)7-10(12)2/h3-8H,17H2,1-2H3. The van der Waals surface area contributed by atoms with Crippen LogP contribution < -0.4 is 5.73 Å². The number of aryl methyl sites for hydroxylation is 2. The second kappa shape index (κ2) is 4.28. The molecule has 0 radical (unpaired) electrons. The summed E-state index contributed by atoms with van der Waals surface area (Å²) in [6, 6.07) is 9.74. The van der Waals surface area contributed by atoms with Gasteiger partial charge in [0.2, 0.25) is 0 Å². The number of benzene rings is 1. The Balaban J connectivity index is 2.28. The second-order valence-electron chi connectivity index (χ2n) is 4.74. The van der Waals surface area contributed by atoms with Crippen LogP contribution in [0.3, 0.4) is 0 Å². The van der Waals surface area contributed by atoms with Crippen molar-refractivity contribution >= 4 is 23.1 Å². The first-order valence-corrected chi connectivity index (χ1v) is 6.45. The Morgan fingerprint density at radius 1 is 1.16 bits per heavy atom. The highest BCUT2D eigenvalue weighted by atomic mass is 35.5. The van der Waals surface area contributed by atoms with Gasteiger partial charge in [-0.3, -0.25) is 4.40 Å². The number of nitrogens with zero attached hydrogens (tertiary/aromatic N) is 2. The van der Waals surface area contributed by atoms with E-state index in [4.69, 9.17) is 17.3 Å². The minimum atomic E-state index is 0.657. The third-order valence-electron chi connectivity index (χ3n) is 3.25. The first-order chi connectivity index (χ1) is 9.06. The van der Waals surface area contributed by atoms with E-state index in [1.165, 1.54) is 0 Å². The molecule has 0 aliphatic carbocycles. The van der Waals surface area contributed by atoms with E-state index in [-0.39, 0.29) is 0 Å². The van der Waals surface area contributed by atoms with Gasteiger partial charge in [0.15, 0.2) is 0 Å². The number of halogens is 1. The van der Waals surface area contributed by atoms with Gasteiger partial charge in [-0.2, -0.15) is 0 Å². The van der Waals surface area contributed by atoms with Crippen molar-refractivity contribution in [2.24, 2.45) is 0 Å². The van der Waals surface area contributed by atoms with E-state index >= 15 is 0 Å². The zero-order valence-corrected chi connectivity index (χ0v) is 11.6. The number of imidazole rings is 1. The maximum atomic E-state index is 6.21. The Hall–Kier alpha value is -2.00. The van der Waals surface area contributed by atoms with E-state index < -0.39 is 0 Å². The van der Waals surface area contributed by atoms with Gasteiger partial charge < -0.3 is 5.73 Å². The number of hydrogen-bond acceptors (Lipinski definition) is 2. The molecule has 0 aliphatic heterocycles. The number of anilines is 1. The van der Waals surface area contributed by atoms with E-state index in [0.29, 0.717) is 5.82 Å². The fourth-order valence-electron chi connectivity index (χ4n) is 2.26. The van der Waals surface area contributed by atoms with Gasteiger partial charge in [0.25, 0.3) is 0 Å². The van der Waals surface area contributed by atoms with Crippen LogP contribution in [0.2, 0.25) is 5.02 Å². The third-order valence-corrected chi connectivity index (χ3v) is 3.48. The van der Waals surface area contributed by atoms with Crippen molar-refractivity contribution in [3.63, 3.8) is 0 Å². The molecule has 96 valence electrons. The Bertz CT molecular complexity index is 774. The van der Waals surface area contributed by atoms with Crippen LogP contribution in [0, 0.1) is 13.8 Å². The summed E-state index contributed by atoms with van der Waals surface area (Å²) in [5.41, 5.74) is 11.1. The van der Waals surface area contributed by atoms with Gasteiger partial charge in [-0.25, -0.2) is 4.98 Å². The molecule has 3 rings (SSSR count). The smallest absolute Gasteiger partial charge is 0.139 e. The molecule has 19 heavy (non-hydrogen) atoms. The van der Waals surface area contributed by atoms with Gasteiger partial charge in [-0.1, -0.05) is 23.7 Å². The minimum absolute atomic E-state index is 0.657. The zero-order valence-electron chi connectivity index (χ0n) is 10.8. The van der Waals surface area contributed by atoms with Crippen LogP contribution in [-0.2, 0) is 0 Å². The lowest BCUT2D eigenvalue weighted by Crippen LogP contribution is -1.95. The Morgan fingerprint density at radius 3 is 2.68 bits per heavy atom. The van der Waals surface area contributed by atoms with Crippen LogP contribution in [0.4, 0.5) is 5.82 Å². The number of rotatable bonds is 1. The number of fused-ring (bicyclic) bond motifs is 1. The first kappa shape index (κ1) is 12.1. The fourth-order valence-corrected chi connectivity index (χ4v) is 2.49. The lowest BCUT2D eigenvalue weighted by molar-refractivity contribution is 1.16. The summed E-state index contributed by atoms with van der Waals surface area (Å²) >= 11 is 5.99. The summed E-state index contributed by atoms with van der Waals surface area (Å²) in [7, 11) is 0. The van der Waals surface area contributed by atoms with E-state index in [1.807, 2.05) is 54.8 Å². The third kappa shape index (κ3) is 1.96. The van der Waals surface area contributed by atoms with Gasteiger partial charge in [-0.05, 0) is 43.2 Å². The van der Waals surface area contributed by atoms with Gasteiger partial charge >= 0.3 is 0 Å². The summed E-state index contributed by atoms with van der Waals surface area (Å²) in [5, 5.41) is 0.722. The van der Waals surface area contributed by atoms with Crippen molar-refractivity contribution in [2.75, 3.05) is 5.73 Å². The van der Waals surface area contributed by atoms with Crippen LogP contribution in [-0.4, -0.2) is 9.38 Å². The minimum Gasteiger partial charge on any atom is -0.383 e.